The Kier molecular flexibility index (Phi) is 6.70. The van der Waals surface area contributed by atoms with Crippen LogP contribution in [0.25, 0.3) is 0 Å². The van der Waals surface area contributed by atoms with Gasteiger partial charge in [-0.15, -0.1) is 0 Å². The maximum absolute atomic E-state index is 13.7. The first-order valence-electron chi connectivity index (χ1n) is 8.75. The molecule has 0 saturated carbocycles. The molecule has 3 aromatic carbocycles. The van der Waals surface area contributed by atoms with Gasteiger partial charge in [0.15, 0.2) is 5.11 Å². The molecule has 0 aliphatic rings. The van der Waals surface area contributed by atoms with E-state index in [1.807, 2.05) is 30.3 Å². The first-order chi connectivity index (χ1) is 13.6. The van der Waals surface area contributed by atoms with E-state index in [1.54, 1.807) is 36.4 Å². The zero-order chi connectivity index (χ0) is 19.8. The smallest absolute Gasteiger partial charge is 0.257 e. The van der Waals surface area contributed by atoms with Crippen LogP contribution in [0, 0.1) is 5.82 Å². The van der Waals surface area contributed by atoms with E-state index in [4.69, 9.17) is 17.0 Å². The molecule has 3 rings (SSSR count). The largest absolute Gasteiger partial charge is 0.493 e. The Balaban J connectivity index is 1.54. The SMILES string of the molecule is O=C(NC(=S)Nc1ccccc1F)c1cccc(OCCc2ccccc2)c1. The van der Waals surface area contributed by atoms with E-state index < -0.39 is 11.7 Å². The van der Waals surface area contributed by atoms with E-state index in [-0.39, 0.29) is 10.8 Å². The van der Waals surface area contributed by atoms with E-state index in [0.29, 0.717) is 17.9 Å². The van der Waals surface area contributed by atoms with Gasteiger partial charge in [-0.3, -0.25) is 10.1 Å². The number of thiocarbonyl (C=S) groups is 1. The monoisotopic (exact) mass is 394 g/mol. The van der Waals surface area contributed by atoms with E-state index in [9.17, 15) is 9.18 Å². The summed E-state index contributed by atoms with van der Waals surface area (Å²) in [4.78, 5) is 12.4. The van der Waals surface area contributed by atoms with Crippen molar-refractivity contribution in [1.82, 2.24) is 5.32 Å². The van der Waals surface area contributed by atoms with Crippen LogP contribution in [-0.4, -0.2) is 17.6 Å². The first kappa shape index (κ1) is 19.5. The molecule has 28 heavy (non-hydrogen) atoms. The van der Waals surface area contributed by atoms with Gasteiger partial charge >= 0.3 is 0 Å². The van der Waals surface area contributed by atoms with Crippen LogP contribution in [0.5, 0.6) is 5.75 Å². The fourth-order valence-electron chi connectivity index (χ4n) is 2.55. The highest BCUT2D eigenvalue weighted by Crippen LogP contribution is 2.15. The van der Waals surface area contributed by atoms with Crippen molar-refractivity contribution >= 4 is 28.9 Å². The van der Waals surface area contributed by atoms with Gasteiger partial charge in [0.05, 0.1) is 12.3 Å². The number of hydrogen-bond acceptors (Lipinski definition) is 3. The van der Waals surface area contributed by atoms with Gasteiger partial charge in [0.25, 0.3) is 5.91 Å². The molecule has 0 radical (unpaired) electrons. The van der Waals surface area contributed by atoms with Gasteiger partial charge in [0, 0.05) is 12.0 Å². The molecule has 0 spiro atoms. The molecule has 0 aromatic heterocycles. The van der Waals surface area contributed by atoms with Crippen molar-refractivity contribution in [1.29, 1.82) is 0 Å². The average molecular weight is 394 g/mol. The molecule has 6 heteroatoms. The maximum Gasteiger partial charge on any atom is 0.257 e. The lowest BCUT2D eigenvalue weighted by molar-refractivity contribution is 0.0977. The third-order valence-corrected chi connectivity index (χ3v) is 4.15. The summed E-state index contributed by atoms with van der Waals surface area (Å²) >= 11 is 5.09. The number of anilines is 1. The quantitative estimate of drug-likeness (QED) is 0.601. The van der Waals surface area contributed by atoms with E-state index in [2.05, 4.69) is 10.6 Å². The summed E-state index contributed by atoms with van der Waals surface area (Å²) < 4.78 is 19.4. The zero-order valence-electron chi connectivity index (χ0n) is 15.0. The summed E-state index contributed by atoms with van der Waals surface area (Å²) in [7, 11) is 0. The maximum atomic E-state index is 13.7. The highest BCUT2D eigenvalue weighted by Gasteiger charge is 2.10. The lowest BCUT2D eigenvalue weighted by Gasteiger charge is -2.11. The van der Waals surface area contributed by atoms with Crippen molar-refractivity contribution in [2.45, 2.75) is 6.42 Å². The van der Waals surface area contributed by atoms with Crippen LogP contribution in [0.1, 0.15) is 15.9 Å². The fourth-order valence-corrected chi connectivity index (χ4v) is 2.75. The normalized spacial score (nSPS) is 10.2. The summed E-state index contributed by atoms with van der Waals surface area (Å²) in [6, 6.07) is 22.9. The van der Waals surface area contributed by atoms with Crippen molar-refractivity contribution < 1.29 is 13.9 Å². The second-order valence-corrected chi connectivity index (χ2v) is 6.41. The highest BCUT2D eigenvalue weighted by molar-refractivity contribution is 7.80. The van der Waals surface area contributed by atoms with Crippen molar-refractivity contribution in [2.24, 2.45) is 0 Å². The van der Waals surface area contributed by atoms with Crippen LogP contribution < -0.4 is 15.4 Å². The summed E-state index contributed by atoms with van der Waals surface area (Å²) in [6.45, 7) is 0.502. The fraction of sp³-hybridized carbons (Fsp3) is 0.0909. The number of carbonyl (C=O) groups is 1. The Morgan fingerprint density at radius 3 is 2.50 bits per heavy atom. The third kappa shape index (κ3) is 5.62. The number of ether oxygens (including phenoxy) is 1. The van der Waals surface area contributed by atoms with E-state index in [1.165, 1.54) is 17.7 Å². The van der Waals surface area contributed by atoms with Crippen LogP contribution >= 0.6 is 12.2 Å². The van der Waals surface area contributed by atoms with Gasteiger partial charge in [0.1, 0.15) is 11.6 Å². The Morgan fingerprint density at radius 2 is 1.71 bits per heavy atom. The average Bonchev–Trinajstić information content (AvgIpc) is 2.71. The molecule has 0 atom stereocenters. The second-order valence-electron chi connectivity index (χ2n) is 6.00. The van der Waals surface area contributed by atoms with Crippen molar-refractivity contribution in [3.8, 4) is 5.75 Å². The lowest BCUT2D eigenvalue weighted by atomic mass is 10.2. The lowest BCUT2D eigenvalue weighted by Crippen LogP contribution is -2.34. The number of para-hydroxylation sites is 1. The van der Waals surface area contributed by atoms with Crippen LogP contribution in [-0.2, 0) is 6.42 Å². The molecule has 0 bridgehead atoms. The zero-order valence-corrected chi connectivity index (χ0v) is 15.8. The number of nitrogens with one attached hydrogen (secondary N) is 2. The summed E-state index contributed by atoms with van der Waals surface area (Å²) in [5.74, 6) is -0.258. The Labute approximate surface area is 168 Å². The molecule has 0 unspecified atom stereocenters. The van der Waals surface area contributed by atoms with Gasteiger partial charge in [-0.05, 0) is 48.1 Å². The number of halogens is 1. The number of carbonyl (C=O) groups excluding carboxylic acids is 1. The molecule has 0 aliphatic carbocycles. The number of rotatable bonds is 6. The minimum atomic E-state index is -0.451. The van der Waals surface area contributed by atoms with Gasteiger partial charge in [0.2, 0.25) is 0 Å². The van der Waals surface area contributed by atoms with Crippen LogP contribution in [0.2, 0.25) is 0 Å². The Hall–Kier alpha value is -3.25. The molecule has 3 aromatic rings. The Bertz CT molecular complexity index is 964. The van der Waals surface area contributed by atoms with Crippen molar-refractivity contribution in [3.63, 3.8) is 0 Å². The molecular formula is C22H19FN2O2S. The van der Waals surface area contributed by atoms with Gasteiger partial charge < -0.3 is 10.1 Å². The highest BCUT2D eigenvalue weighted by atomic mass is 32.1. The standard InChI is InChI=1S/C22H19FN2O2S/c23-19-11-4-5-12-20(19)24-22(28)25-21(26)17-9-6-10-18(15-17)27-14-13-16-7-2-1-3-8-16/h1-12,15H,13-14H2,(H2,24,25,26,28). The molecule has 2 N–H and O–H groups in total. The first-order valence-corrected chi connectivity index (χ1v) is 9.16. The molecule has 0 saturated heterocycles. The van der Waals surface area contributed by atoms with Crippen LogP contribution in [0.4, 0.5) is 10.1 Å². The molecule has 1 amide bonds. The molecular weight excluding hydrogens is 375 g/mol. The summed E-state index contributed by atoms with van der Waals surface area (Å²) in [5, 5.41) is 5.23. The molecule has 142 valence electrons. The van der Waals surface area contributed by atoms with Gasteiger partial charge in [-0.25, -0.2) is 4.39 Å². The summed E-state index contributed by atoms with van der Waals surface area (Å²) in [6.07, 6.45) is 0.772. The molecule has 0 heterocycles. The number of hydrogen-bond donors (Lipinski definition) is 2. The third-order valence-electron chi connectivity index (χ3n) is 3.95. The predicted molar refractivity (Wildman–Crippen MR) is 112 cm³/mol. The van der Waals surface area contributed by atoms with E-state index >= 15 is 0 Å². The minimum Gasteiger partial charge on any atom is -0.493 e. The molecule has 0 aliphatic heterocycles. The van der Waals surface area contributed by atoms with Crippen LogP contribution in [0.15, 0.2) is 78.9 Å². The summed E-state index contributed by atoms with van der Waals surface area (Å²) in [5.41, 5.74) is 1.78. The van der Waals surface area contributed by atoms with Crippen LogP contribution in [0.3, 0.4) is 0 Å². The number of benzene rings is 3. The predicted octanol–water partition coefficient (Wildman–Crippen LogP) is 4.57. The van der Waals surface area contributed by atoms with Gasteiger partial charge in [-0.2, -0.15) is 0 Å². The Morgan fingerprint density at radius 1 is 0.964 bits per heavy atom. The molecule has 0 fully saturated rings. The number of amides is 1. The second kappa shape index (κ2) is 9.62. The van der Waals surface area contributed by atoms with Crippen molar-refractivity contribution in [2.75, 3.05) is 11.9 Å². The van der Waals surface area contributed by atoms with E-state index in [0.717, 1.165) is 6.42 Å². The van der Waals surface area contributed by atoms with Gasteiger partial charge in [-0.1, -0.05) is 48.5 Å². The minimum absolute atomic E-state index is 0.0190. The molecule has 4 nitrogen and oxygen atoms in total. The van der Waals surface area contributed by atoms with Crippen molar-refractivity contribution in [3.05, 3.63) is 95.8 Å². The topological polar surface area (TPSA) is 50.4 Å².